The third kappa shape index (κ3) is 5.19. The van der Waals surface area contributed by atoms with Gasteiger partial charge in [-0.1, -0.05) is 47.6 Å². The summed E-state index contributed by atoms with van der Waals surface area (Å²) >= 11 is 1.84. The molecule has 0 saturated carbocycles. The molecule has 30 heavy (non-hydrogen) atoms. The van der Waals surface area contributed by atoms with Gasteiger partial charge >= 0.3 is 0 Å². The maximum absolute atomic E-state index is 13.4. The maximum atomic E-state index is 13.4. The Bertz CT molecular complexity index is 913. The molecule has 2 heterocycles. The Balaban J connectivity index is 1.39. The highest BCUT2D eigenvalue weighted by Crippen LogP contribution is 2.35. The molecule has 0 radical (unpaired) electrons. The van der Waals surface area contributed by atoms with Crippen molar-refractivity contribution in [3.05, 3.63) is 94.0 Å². The number of hydrogen-bond donors (Lipinski definition) is 0. The van der Waals surface area contributed by atoms with Gasteiger partial charge in [0.25, 0.3) is 0 Å². The molecule has 4 atom stereocenters. The van der Waals surface area contributed by atoms with E-state index in [4.69, 9.17) is 4.74 Å². The molecule has 1 aliphatic heterocycles. The van der Waals surface area contributed by atoms with E-state index in [1.807, 2.05) is 23.5 Å². The van der Waals surface area contributed by atoms with E-state index in [2.05, 4.69) is 49.9 Å². The Morgan fingerprint density at radius 3 is 2.97 bits per heavy atom. The lowest BCUT2D eigenvalue weighted by atomic mass is 9.86. The highest BCUT2D eigenvalue weighted by molar-refractivity contribution is 7.12. The first-order chi connectivity index (χ1) is 14.6. The average Bonchev–Trinajstić information content (AvgIpc) is 3.01. The molecule has 1 aromatic heterocycles. The summed E-state index contributed by atoms with van der Waals surface area (Å²) in [6, 6.07) is 4.43. The quantitative estimate of drug-likeness (QED) is 0.444. The molecule has 1 nitrogen and oxygen atoms in total. The Morgan fingerprint density at radius 1 is 1.20 bits per heavy atom. The lowest BCUT2D eigenvalue weighted by Crippen LogP contribution is -2.30. The van der Waals surface area contributed by atoms with E-state index in [9.17, 15) is 4.39 Å². The van der Waals surface area contributed by atoms with Gasteiger partial charge in [0.1, 0.15) is 5.83 Å². The molecule has 0 spiro atoms. The summed E-state index contributed by atoms with van der Waals surface area (Å²) in [5.41, 5.74) is 2.92. The third-order valence-corrected chi connectivity index (χ3v) is 7.72. The Morgan fingerprint density at radius 2 is 2.10 bits per heavy atom. The molecule has 1 aromatic rings. The van der Waals surface area contributed by atoms with Gasteiger partial charge in [-0.3, -0.25) is 0 Å². The Labute approximate surface area is 184 Å². The molecule has 0 amide bonds. The molecule has 3 aliphatic rings. The second-order valence-corrected chi connectivity index (χ2v) is 9.78. The summed E-state index contributed by atoms with van der Waals surface area (Å²) in [7, 11) is 0. The van der Waals surface area contributed by atoms with Crippen LogP contribution in [0.25, 0.3) is 0 Å². The molecule has 4 rings (SSSR count). The second kappa shape index (κ2) is 9.89. The normalized spacial score (nSPS) is 29.5. The van der Waals surface area contributed by atoms with E-state index in [-0.39, 0.29) is 11.7 Å². The van der Waals surface area contributed by atoms with Gasteiger partial charge in [0.2, 0.25) is 0 Å². The lowest BCUT2D eigenvalue weighted by Gasteiger charge is -2.32. The van der Waals surface area contributed by atoms with Crippen LogP contribution in [-0.2, 0) is 11.2 Å². The Hall–Kier alpha value is -1.97. The molecule has 0 aromatic carbocycles. The summed E-state index contributed by atoms with van der Waals surface area (Å²) in [6.45, 7) is 7.08. The predicted octanol–water partition coefficient (Wildman–Crippen LogP) is 7.62. The summed E-state index contributed by atoms with van der Waals surface area (Å²) in [6.07, 6.45) is 21.5. The fourth-order valence-corrected chi connectivity index (χ4v) is 5.69. The van der Waals surface area contributed by atoms with Crippen LogP contribution in [-0.4, -0.2) is 12.7 Å². The van der Waals surface area contributed by atoms with Gasteiger partial charge < -0.3 is 4.74 Å². The van der Waals surface area contributed by atoms with E-state index in [1.54, 1.807) is 6.08 Å². The summed E-state index contributed by atoms with van der Waals surface area (Å²) < 4.78 is 19.6. The molecule has 0 unspecified atom stereocenters. The molecule has 0 N–H and O–H groups in total. The number of halogens is 1. The van der Waals surface area contributed by atoms with E-state index in [0.29, 0.717) is 17.9 Å². The van der Waals surface area contributed by atoms with Crippen molar-refractivity contribution in [1.82, 2.24) is 0 Å². The molecular weight excluding hydrogens is 391 g/mol. The van der Waals surface area contributed by atoms with E-state index in [0.717, 1.165) is 38.7 Å². The van der Waals surface area contributed by atoms with Crippen molar-refractivity contribution >= 4 is 11.3 Å². The van der Waals surface area contributed by atoms with Crippen LogP contribution in [0.5, 0.6) is 0 Å². The summed E-state index contributed by atoms with van der Waals surface area (Å²) in [5, 5.41) is 0. The van der Waals surface area contributed by atoms with Gasteiger partial charge in [-0.15, -0.1) is 17.9 Å². The van der Waals surface area contributed by atoms with Gasteiger partial charge in [-0.2, -0.15) is 0 Å². The molecule has 1 saturated heterocycles. The molecule has 3 heteroatoms. The lowest BCUT2D eigenvalue weighted by molar-refractivity contribution is -0.0244. The van der Waals surface area contributed by atoms with E-state index in [1.165, 1.54) is 27.0 Å². The van der Waals surface area contributed by atoms with Crippen LogP contribution in [0.4, 0.5) is 4.39 Å². The number of thiophene rings is 1. The summed E-state index contributed by atoms with van der Waals surface area (Å²) in [4.78, 5) is 2.65. The molecular formula is C27H31FOS. The first-order valence-electron chi connectivity index (χ1n) is 11.0. The van der Waals surface area contributed by atoms with Crippen molar-refractivity contribution in [2.75, 3.05) is 6.61 Å². The Kier molecular flexibility index (Phi) is 7.01. The highest BCUT2D eigenvalue weighted by Gasteiger charge is 2.28. The van der Waals surface area contributed by atoms with Crippen LogP contribution in [0, 0.1) is 11.8 Å². The number of hydrogen-bond acceptors (Lipinski definition) is 2. The van der Waals surface area contributed by atoms with Crippen LogP contribution in [0.3, 0.4) is 0 Å². The number of allylic oxidation sites excluding steroid dienone is 10. The second-order valence-electron chi connectivity index (χ2n) is 8.58. The number of ether oxygens (including phenoxy) is 1. The van der Waals surface area contributed by atoms with Crippen molar-refractivity contribution in [2.24, 2.45) is 11.8 Å². The van der Waals surface area contributed by atoms with Crippen molar-refractivity contribution < 1.29 is 9.13 Å². The minimum atomic E-state index is -0.188. The standard InChI is InChI=1S/C27H31FOS/c1-3-20-15-16-29-26(17-20)21-8-7-19(2)23(10-9-21)18-25-13-14-27(30-25)22-5-4-6-24(28)12-11-22/h3-8,11-14,20-22,26H,1,9-10,15-18H2,2H3/t20-,21-,22+,26+/m0/s1. The van der Waals surface area contributed by atoms with E-state index < -0.39 is 0 Å². The van der Waals surface area contributed by atoms with E-state index >= 15 is 0 Å². The molecule has 1 fully saturated rings. The van der Waals surface area contributed by atoms with Crippen LogP contribution in [0.1, 0.15) is 48.3 Å². The monoisotopic (exact) mass is 422 g/mol. The molecule has 0 bridgehead atoms. The zero-order valence-electron chi connectivity index (χ0n) is 17.7. The van der Waals surface area contributed by atoms with Gasteiger partial charge in [-0.25, -0.2) is 4.39 Å². The topological polar surface area (TPSA) is 9.23 Å². The van der Waals surface area contributed by atoms with Gasteiger partial charge in [0.05, 0.1) is 6.10 Å². The maximum Gasteiger partial charge on any atom is 0.122 e. The van der Waals surface area contributed by atoms with Gasteiger partial charge in [0.15, 0.2) is 0 Å². The average molecular weight is 423 g/mol. The largest absolute Gasteiger partial charge is 0.378 e. The predicted molar refractivity (Wildman–Crippen MR) is 125 cm³/mol. The minimum Gasteiger partial charge on any atom is -0.378 e. The third-order valence-electron chi connectivity index (χ3n) is 6.53. The smallest absolute Gasteiger partial charge is 0.122 e. The van der Waals surface area contributed by atoms with Crippen LogP contribution < -0.4 is 0 Å². The zero-order valence-corrected chi connectivity index (χ0v) is 18.5. The van der Waals surface area contributed by atoms with Crippen molar-refractivity contribution in [3.8, 4) is 0 Å². The minimum absolute atomic E-state index is 0.156. The number of rotatable bonds is 5. The van der Waals surface area contributed by atoms with Crippen LogP contribution in [0.2, 0.25) is 0 Å². The van der Waals surface area contributed by atoms with Crippen molar-refractivity contribution in [1.29, 1.82) is 0 Å². The summed E-state index contributed by atoms with van der Waals surface area (Å²) in [5.74, 6) is 1.05. The SMILES string of the molecule is C=C[C@H]1CCO[C@@H]([C@H]2C=CC(C)=C(Cc3ccc([C@@H]4C=CC=C(F)C=C4)s3)CC2)C1. The molecule has 158 valence electrons. The highest BCUT2D eigenvalue weighted by atomic mass is 32.1. The van der Waals surface area contributed by atoms with Crippen LogP contribution in [0.15, 0.2) is 84.3 Å². The van der Waals surface area contributed by atoms with Crippen molar-refractivity contribution in [2.45, 2.75) is 51.0 Å². The fourth-order valence-electron chi connectivity index (χ4n) is 4.58. The first kappa shape index (κ1) is 21.3. The zero-order chi connectivity index (χ0) is 20.9. The first-order valence-corrected chi connectivity index (χ1v) is 11.9. The fraction of sp³-hybridized carbons (Fsp3) is 0.407. The van der Waals surface area contributed by atoms with Crippen molar-refractivity contribution in [3.63, 3.8) is 0 Å². The van der Waals surface area contributed by atoms with Crippen LogP contribution >= 0.6 is 11.3 Å². The van der Waals surface area contributed by atoms with Gasteiger partial charge in [-0.05, 0) is 62.8 Å². The van der Waals surface area contributed by atoms with Gasteiger partial charge in [0, 0.05) is 34.6 Å². The molecule has 2 aliphatic carbocycles.